The van der Waals surface area contributed by atoms with Crippen LogP contribution in [0.2, 0.25) is 5.02 Å². The second-order valence-electron chi connectivity index (χ2n) is 7.29. The van der Waals surface area contributed by atoms with Crippen molar-refractivity contribution in [3.8, 4) is 34.1 Å². The molecule has 0 spiro atoms. The third kappa shape index (κ3) is 4.09. The molecule has 1 atom stereocenters. The molecule has 0 fully saturated rings. The molecular formula is C23H22ClNO6S. The van der Waals surface area contributed by atoms with Gasteiger partial charge in [-0.05, 0) is 35.4 Å². The molecule has 9 heteroatoms. The number of hydrogen-bond donors (Lipinski definition) is 1. The van der Waals surface area contributed by atoms with Gasteiger partial charge in [0.25, 0.3) is 0 Å². The lowest BCUT2D eigenvalue weighted by atomic mass is 9.88. The highest BCUT2D eigenvalue weighted by molar-refractivity contribution is 7.88. The molecule has 1 heterocycles. The zero-order chi connectivity index (χ0) is 23.0. The summed E-state index contributed by atoms with van der Waals surface area (Å²) in [5.41, 5.74) is 3.63. The van der Waals surface area contributed by atoms with E-state index >= 15 is 0 Å². The zero-order valence-electron chi connectivity index (χ0n) is 17.7. The molecular weight excluding hydrogens is 454 g/mol. The van der Waals surface area contributed by atoms with Crippen LogP contribution in [0.5, 0.6) is 23.0 Å². The minimum Gasteiger partial charge on any atom is -0.494 e. The second kappa shape index (κ2) is 8.54. The normalized spacial score (nSPS) is 14.7. The Bertz CT molecular complexity index is 1290. The molecule has 32 heavy (non-hydrogen) atoms. The molecule has 1 unspecified atom stereocenters. The fourth-order valence-electron chi connectivity index (χ4n) is 3.92. The highest BCUT2D eigenvalue weighted by Gasteiger charge is 2.31. The number of methoxy groups -OCH3 is 3. The second-order valence-corrected chi connectivity index (χ2v) is 9.32. The number of benzene rings is 3. The van der Waals surface area contributed by atoms with E-state index in [1.54, 1.807) is 44.6 Å². The van der Waals surface area contributed by atoms with Gasteiger partial charge < -0.3 is 18.9 Å². The fraction of sp³-hybridized carbons (Fsp3) is 0.217. The van der Waals surface area contributed by atoms with Crippen molar-refractivity contribution in [2.75, 3.05) is 21.3 Å². The standard InChI is InChI=1S/C23H22ClNO6S/c1-28-18-8-5-14(11-20(18)29-2)22-16-10-13(12-32(25,26)27)4-6-15(16)21-19(31-22)9-7-17(24)23(21)30-3/h4-11,22H,12H2,1-3H3,(H2,25,26,27). The van der Waals surface area contributed by atoms with Crippen LogP contribution in [-0.2, 0) is 15.8 Å². The van der Waals surface area contributed by atoms with E-state index in [1.807, 2.05) is 18.2 Å². The van der Waals surface area contributed by atoms with Gasteiger partial charge in [-0.15, -0.1) is 0 Å². The molecule has 1 aliphatic rings. The van der Waals surface area contributed by atoms with Crippen molar-refractivity contribution >= 4 is 21.6 Å². The van der Waals surface area contributed by atoms with Crippen LogP contribution < -0.4 is 24.1 Å². The van der Waals surface area contributed by atoms with Crippen molar-refractivity contribution in [2.24, 2.45) is 5.14 Å². The summed E-state index contributed by atoms with van der Waals surface area (Å²) in [6.45, 7) is 0. The van der Waals surface area contributed by atoms with Crippen molar-refractivity contribution in [1.82, 2.24) is 0 Å². The summed E-state index contributed by atoms with van der Waals surface area (Å²) < 4.78 is 46.1. The first-order chi connectivity index (χ1) is 15.3. The van der Waals surface area contributed by atoms with Crippen LogP contribution in [0, 0.1) is 0 Å². The van der Waals surface area contributed by atoms with Gasteiger partial charge in [0.1, 0.15) is 17.6 Å². The maximum absolute atomic E-state index is 11.7. The van der Waals surface area contributed by atoms with Gasteiger partial charge >= 0.3 is 0 Å². The first-order valence-corrected chi connectivity index (χ1v) is 11.7. The summed E-state index contributed by atoms with van der Waals surface area (Å²) in [4.78, 5) is 0. The molecule has 168 valence electrons. The Kier molecular flexibility index (Phi) is 5.94. The summed E-state index contributed by atoms with van der Waals surface area (Å²) in [6.07, 6.45) is -0.538. The van der Waals surface area contributed by atoms with E-state index in [1.165, 1.54) is 7.11 Å². The molecule has 4 rings (SSSR count). The number of hydrogen-bond acceptors (Lipinski definition) is 6. The van der Waals surface area contributed by atoms with E-state index in [0.29, 0.717) is 39.1 Å². The van der Waals surface area contributed by atoms with Crippen molar-refractivity contribution < 1.29 is 27.4 Å². The van der Waals surface area contributed by atoms with Gasteiger partial charge in [-0.3, -0.25) is 0 Å². The van der Waals surface area contributed by atoms with Crippen molar-refractivity contribution in [3.05, 3.63) is 70.2 Å². The molecule has 0 amide bonds. The number of ether oxygens (including phenoxy) is 4. The number of nitrogens with two attached hydrogens (primary N) is 1. The molecule has 3 aromatic rings. The van der Waals surface area contributed by atoms with E-state index in [0.717, 1.165) is 16.7 Å². The van der Waals surface area contributed by atoms with Gasteiger partial charge in [0.2, 0.25) is 10.0 Å². The van der Waals surface area contributed by atoms with E-state index in [9.17, 15) is 8.42 Å². The first-order valence-electron chi connectivity index (χ1n) is 9.64. The summed E-state index contributed by atoms with van der Waals surface area (Å²) in [6, 6.07) is 14.3. The van der Waals surface area contributed by atoms with Gasteiger partial charge in [0.15, 0.2) is 11.5 Å². The quantitative estimate of drug-likeness (QED) is 0.570. The Balaban J connectivity index is 1.94. The van der Waals surface area contributed by atoms with Crippen LogP contribution in [0.4, 0.5) is 0 Å². The summed E-state index contributed by atoms with van der Waals surface area (Å²) in [7, 11) is 0.954. The average Bonchev–Trinajstić information content (AvgIpc) is 2.76. The molecule has 2 N–H and O–H groups in total. The maximum Gasteiger partial charge on any atom is 0.213 e. The lowest BCUT2D eigenvalue weighted by Gasteiger charge is -2.31. The van der Waals surface area contributed by atoms with Crippen LogP contribution in [0.15, 0.2) is 48.5 Å². The Hall–Kier alpha value is -2.94. The lowest BCUT2D eigenvalue weighted by molar-refractivity contribution is 0.241. The Morgan fingerprint density at radius 1 is 0.969 bits per heavy atom. The van der Waals surface area contributed by atoms with Crippen LogP contribution in [-0.4, -0.2) is 29.7 Å². The van der Waals surface area contributed by atoms with Crippen molar-refractivity contribution in [1.29, 1.82) is 0 Å². The Labute approximate surface area is 191 Å². The molecule has 0 saturated heterocycles. The molecule has 3 aromatic carbocycles. The number of sulfonamides is 1. The van der Waals surface area contributed by atoms with E-state index in [2.05, 4.69) is 0 Å². The van der Waals surface area contributed by atoms with Crippen LogP contribution in [0.3, 0.4) is 0 Å². The third-order valence-electron chi connectivity index (χ3n) is 5.27. The van der Waals surface area contributed by atoms with Crippen molar-refractivity contribution in [2.45, 2.75) is 11.9 Å². The third-order valence-corrected chi connectivity index (χ3v) is 6.30. The number of primary sulfonamides is 1. The number of halogens is 1. The number of fused-ring (bicyclic) bond motifs is 3. The van der Waals surface area contributed by atoms with Gasteiger partial charge in [-0.1, -0.05) is 35.9 Å². The summed E-state index contributed by atoms with van der Waals surface area (Å²) in [5, 5.41) is 5.72. The van der Waals surface area contributed by atoms with E-state index < -0.39 is 16.1 Å². The van der Waals surface area contributed by atoms with Crippen LogP contribution in [0.1, 0.15) is 22.8 Å². The van der Waals surface area contributed by atoms with Gasteiger partial charge in [0.05, 0.1) is 37.7 Å². The smallest absolute Gasteiger partial charge is 0.213 e. The Morgan fingerprint density at radius 2 is 1.72 bits per heavy atom. The highest BCUT2D eigenvalue weighted by Crippen LogP contribution is 2.51. The highest BCUT2D eigenvalue weighted by atomic mass is 35.5. The molecule has 0 saturated carbocycles. The predicted octanol–water partition coefficient (Wildman–Crippen LogP) is 4.30. The van der Waals surface area contributed by atoms with Gasteiger partial charge in [-0.25, -0.2) is 13.6 Å². The first kappa shape index (κ1) is 22.3. The maximum atomic E-state index is 11.7. The molecule has 0 aliphatic carbocycles. The Morgan fingerprint density at radius 3 is 2.38 bits per heavy atom. The largest absolute Gasteiger partial charge is 0.494 e. The minimum absolute atomic E-state index is 0.293. The molecule has 0 bridgehead atoms. The SMILES string of the molecule is COc1ccc(C2Oc3ccc(Cl)c(OC)c3-c3ccc(CS(N)(=O)=O)cc32)cc1OC. The topological polar surface area (TPSA) is 97.1 Å². The average molecular weight is 476 g/mol. The lowest BCUT2D eigenvalue weighted by Crippen LogP contribution is -2.18. The van der Waals surface area contributed by atoms with E-state index in [4.69, 9.17) is 35.7 Å². The monoisotopic (exact) mass is 475 g/mol. The fourth-order valence-corrected chi connectivity index (χ4v) is 4.80. The van der Waals surface area contributed by atoms with Crippen LogP contribution in [0.25, 0.3) is 11.1 Å². The van der Waals surface area contributed by atoms with E-state index in [-0.39, 0.29) is 5.75 Å². The number of rotatable bonds is 6. The molecule has 7 nitrogen and oxygen atoms in total. The van der Waals surface area contributed by atoms with Crippen molar-refractivity contribution in [3.63, 3.8) is 0 Å². The zero-order valence-corrected chi connectivity index (χ0v) is 19.3. The van der Waals surface area contributed by atoms with Gasteiger partial charge in [0, 0.05) is 11.1 Å². The molecule has 1 aliphatic heterocycles. The predicted molar refractivity (Wildman–Crippen MR) is 122 cm³/mol. The molecule has 0 radical (unpaired) electrons. The summed E-state index contributed by atoms with van der Waals surface area (Å²) >= 11 is 6.37. The minimum atomic E-state index is -3.71. The molecule has 0 aromatic heterocycles. The summed E-state index contributed by atoms with van der Waals surface area (Å²) in [5.74, 6) is 1.92. The van der Waals surface area contributed by atoms with Crippen LogP contribution >= 0.6 is 11.6 Å². The van der Waals surface area contributed by atoms with Gasteiger partial charge in [-0.2, -0.15) is 0 Å².